The Bertz CT molecular complexity index is 1400. The summed E-state index contributed by atoms with van der Waals surface area (Å²) in [5.41, 5.74) is 2.35. The molecule has 38 heavy (non-hydrogen) atoms. The quantitative estimate of drug-likeness (QED) is 0.414. The zero-order valence-electron chi connectivity index (χ0n) is 21.3. The van der Waals surface area contributed by atoms with E-state index in [1.807, 2.05) is 4.90 Å². The second kappa shape index (κ2) is 11.9. The van der Waals surface area contributed by atoms with E-state index in [0.717, 1.165) is 41.4 Å². The highest BCUT2D eigenvalue weighted by atomic mass is 35.5. The molecular formula is C28H30ClN3O5S. The summed E-state index contributed by atoms with van der Waals surface area (Å²) in [6.07, 6.45) is 2.38. The van der Waals surface area contributed by atoms with Gasteiger partial charge in [0.25, 0.3) is 10.0 Å². The van der Waals surface area contributed by atoms with Crippen molar-refractivity contribution in [3.63, 3.8) is 0 Å². The van der Waals surface area contributed by atoms with E-state index in [4.69, 9.17) is 16.3 Å². The van der Waals surface area contributed by atoms with E-state index in [0.29, 0.717) is 17.1 Å². The van der Waals surface area contributed by atoms with Gasteiger partial charge in [0.15, 0.2) is 0 Å². The molecule has 2 amide bonds. The first-order valence-electron chi connectivity index (χ1n) is 12.3. The Hall–Kier alpha value is -3.56. The molecule has 8 nitrogen and oxygen atoms in total. The Balaban J connectivity index is 1.53. The summed E-state index contributed by atoms with van der Waals surface area (Å²) in [4.78, 5) is 27.3. The van der Waals surface area contributed by atoms with Crippen LogP contribution in [0.2, 0.25) is 5.02 Å². The molecule has 3 aromatic carbocycles. The van der Waals surface area contributed by atoms with Crippen LogP contribution in [-0.4, -0.2) is 51.9 Å². The number of amides is 2. The molecule has 0 bridgehead atoms. The van der Waals surface area contributed by atoms with Gasteiger partial charge in [0.1, 0.15) is 17.2 Å². The van der Waals surface area contributed by atoms with Crippen LogP contribution in [0.3, 0.4) is 0 Å². The Morgan fingerprint density at radius 3 is 2.29 bits per heavy atom. The maximum atomic E-state index is 13.8. The summed E-state index contributed by atoms with van der Waals surface area (Å²) in [5.74, 6) is -0.264. The highest BCUT2D eigenvalue weighted by molar-refractivity contribution is 7.93. The number of benzene rings is 3. The van der Waals surface area contributed by atoms with Crippen molar-refractivity contribution in [3.8, 4) is 5.75 Å². The van der Waals surface area contributed by atoms with Crippen molar-refractivity contribution < 1.29 is 22.7 Å². The van der Waals surface area contributed by atoms with Gasteiger partial charge in [0.2, 0.25) is 11.8 Å². The Kier molecular flexibility index (Phi) is 8.58. The molecule has 0 spiro atoms. The van der Waals surface area contributed by atoms with E-state index < -0.39 is 22.5 Å². The topological polar surface area (TPSA) is 96.0 Å². The average molecular weight is 556 g/mol. The highest BCUT2D eigenvalue weighted by Gasteiger charge is 2.30. The molecule has 0 aliphatic carbocycles. The number of nitrogens with zero attached hydrogens (tertiary/aromatic N) is 2. The molecular weight excluding hydrogens is 526 g/mol. The molecule has 10 heteroatoms. The van der Waals surface area contributed by atoms with Crippen molar-refractivity contribution in [2.45, 2.75) is 31.1 Å². The summed E-state index contributed by atoms with van der Waals surface area (Å²) in [7, 11) is -2.79. The number of hydrogen-bond acceptors (Lipinski definition) is 5. The molecule has 1 saturated heterocycles. The largest absolute Gasteiger partial charge is 0.495 e. The lowest BCUT2D eigenvalue weighted by atomic mass is 10.1. The zero-order chi connectivity index (χ0) is 27.3. The van der Waals surface area contributed by atoms with E-state index >= 15 is 0 Å². The third kappa shape index (κ3) is 6.46. The standard InChI is InChI=1S/C28H30ClN3O5S/c1-20-5-14-25(37-2)26(17-20)38(35,36)32(24-12-8-22(29)9-13-24)19-27(33)30-23-10-6-21(7-11-23)18-28(34)31-15-3-4-16-31/h5-14,17H,3-4,15-16,18-19H2,1-2H3,(H,30,33). The number of halogens is 1. The predicted molar refractivity (Wildman–Crippen MR) is 148 cm³/mol. The molecule has 1 aliphatic rings. The van der Waals surface area contributed by atoms with Crippen LogP contribution in [0.1, 0.15) is 24.0 Å². The number of rotatable bonds is 9. The number of aryl methyl sites for hydroxylation is 1. The molecule has 0 aromatic heterocycles. The number of methoxy groups -OCH3 is 1. The van der Waals surface area contributed by atoms with Crippen LogP contribution >= 0.6 is 11.6 Å². The summed E-state index contributed by atoms with van der Waals surface area (Å²) < 4.78 is 33.9. The van der Waals surface area contributed by atoms with Gasteiger partial charge in [-0.25, -0.2) is 8.42 Å². The third-order valence-corrected chi connectivity index (χ3v) is 8.39. The van der Waals surface area contributed by atoms with Crippen molar-refractivity contribution in [1.82, 2.24) is 4.90 Å². The van der Waals surface area contributed by atoms with E-state index in [9.17, 15) is 18.0 Å². The van der Waals surface area contributed by atoms with E-state index in [-0.39, 0.29) is 22.2 Å². The van der Waals surface area contributed by atoms with Crippen molar-refractivity contribution in [1.29, 1.82) is 0 Å². The van der Waals surface area contributed by atoms with Crippen LogP contribution < -0.4 is 14.4 Å². The van der Waals surface area contributed by atoms with E-state index in [1.54, 1.807) is 67.6 Å². The maximum Gasteiger partial charge on any atom is 0.268 e. The normalized spacial score (nSPS) is 13.3. The number of hydrogen-bond donors (Lipinski definition) is 1. The first kappa shape index (κ1) is 27.5. The van der Waals surface area contributed by atoms with Crippen molar-refractivity contribution in [2.24, 2.45) is 0 Å². The van der Waals surface area contributed by atoms with Gasteiger partial charge in [0, 0.05) is 23.8 Å². The average Bonchev–Trinajstić information content (AvgIpc) is 3.44. The fraction of sp³-hybridized carbons (Fsp3) is 0.286. The molecule has 1 heterocycles. The minimum atomic E-state index is -4.19. The molecule has 4 rings (SSSR count). The minimum absolute atomic E-state index is 0.0465. The molecule has 0 saturated carbocycles. The number of nitrogens with one attached hydrogen (secondary N) is 1. The van der Waals surface area contributed by atoms with Gasteiger partial charge in [-0.05, 0) is 79.4 Å². The maximum absolute atomic E-state index is 13.8. The van der Waals surface area contributed by atoms with Gasteiger partial charge >= 0.3 is 0 Å². The van der Waals surface area contributed by atoms with Crippen LogP contribution in [-0.2, 0) is 26.0 Å². The fourth-order valence-electron chi connectivity index (χ4n) is 4.32. The number of ether oxygens (including phenoxy) is 1. The van der Waals surface area contributed by atoms with Gasteiger partial charge in [-0.2, -0.15) is 0 Å². The molecule has 1 aliphatic heterocycles. The van der Waals surface area contributed by atoms with Gasteiger partial charge < -0.3 is 15.0 Å². The summed E-state index contributed by atoms with van der Waals surface area (Å²) >= 11 is 6.02. The van der Waals surface area contributed by atoms with Crippen molar-refractivity contribution >= 4 is 44.8 Å². The molecule has 200 valence electrons. The number of likely N-dealkylation sites (tertiary alicyclic amines) is 1. The Labute approximate surface area is 228 Å². The first-order valence-corrected chi connectivity index (χ1v) is 14.1. The summed E-state index contributed by atoms with van der Waals surface area (Å²) in [6, 6.07) is 18.0. The van der Waals surface area contributed by atoms with Crippen molar-refractivity contribution in [2.75, 3.05) is 36.4 Å². The summed E-state index contributed by atoms with van der Waals surface area (Å²) in [6.45, 7) is 2.90. The molecule has 1 N–H and O–H groups in total. The SMILES string of the molecule is COc1ccc(C)cc1S(=O)(=O)N(CC(=O)Nc1ccc(CC(=O)N2CCCC2)cc1)c1ccc(Cl)cc1. The van der Waals surface area contributed by atoms with Crippen LogP contribution in [0.4, 0.5) is 11.4 Å². The molecule has 0 unspecified atom stereocenters. The lowest BCUT2D eigenvalue weighted by Gasteiger charge is -2.25. The smallest absolute Gasteiger partial charge is 0.268 e. The zero-order valence-corrected chi connectivity index (χ0v) is 22.9. The Morgan fingerprint density at radius 2 is 1.66 bits per heavy atom. The number of anilines is 2. The molecule has 0 radical (unpaired) electrons. The monoisotopic (exact) mass is 555 g/mol. The fourth-order valence-corrected chi connectivity index (χ4v) is 6.11. The second-order valence-corrected chi connectivity index (χ2v) is 11.4. The van der Waals surface area contributed by atoms with Gasteiger partial charge in [0.05, 0.1) is 19.2 Å². The Morgan fingerprint density at radius 1 is 1.00 bits per heavy atom. The van der Waals surface area contributed by atoms with Crippen LogP contribution in [0.15, 0.2) is 71.6 Å². The number of sulfonamides is 1. The van der Waals surface area contributed by atoms with Crippen LogP contribution in [0.5, 0.6) is 5.75 Å². The van der Waals surface area contributed by atoms with Gasteiger partial charge in [-0.3, -0.25) is 13.9 Å². The predicted octanol–water partition coefficient (Wildman–Crippen LogP) is 4.66. The minimum Gasteiger partial charge on any atom is -0.495 e. The third-order valence-electron chi connectivity index (χ3n) is 6.34. The molecule has 1 fully saturated rings. The number of carbonyl (C=O) groups is 2. The van der Waals surface area contributed by atoms with E-state index in [2.05, 4.69) is 5.32 Å². The van der Waals surface area contributed by atoms with E-state index in [1.165, 1.54) is 13.2 Å². The summed E-state index contributed by atoms with van der Waals surface area (Å²) in [5, 5.41) is 3.19. The van der Waals surface area contributed by atoms with Crippen LogP contribution in [0, 0.1) is 6.92 Å². The molecule has 0 atom stereocenters. The first-order chi connectivity index (χ1) is 18.2. The van der Waals surface area contributed by atoms with Crippen LogP contribution in [0.25, 0.3) is 0 Å². The lowest BCUT2D eigenvalue weighted by molar-refractivity contribution is -0.129. The lowest BCUT2D eigenvalue weighted by Crippen LogP contribution is -2.38. The van der Waals surface area contributed by atoms with Gasteiger partial charge in [-0.15, -0.1) is 0 Å². The second-order valence-electron chi connectivity index (χ2n) is 9.15. The van der Waals surface area contributed by atoms with Gasteiger partial charge in [-0.1, -0.05) is 29.8 Å². The molecule has 3 aromatic rings. The number of carbonyl (C=O) groups excluding carboxylic acids is 2. The highest BCUT2D eigenvalue weighted by Crippen LogP contribution is 2.31. The van der Waals surface area contributed by atoms with Crippen molar-refractivity contribution in [3.05, 3.63) is 82.9 Å².